The van der Waals surface area contributed by atoms with Crippen LogP contribution in [0.2, 0.25) is 0 Å². The molecule has 0 aromatic heterocycles. The van der Waals surface area contributed by atoms with Crippen molar-refractivity contribution in [1.82, 2.24) is 0 Å². The Bertz CT molecular complexity index is 635. The summed E-state index contributed by atoms with van der Waals surface area (Å²) in [6, 6.07) is 14.2. The van der Waals surface area contributed by atoms with Crippen molar-refractivity contribution in [1.29, 1.82) is 0 Å². The maximum atomic E-state index is 11.7. The molecule has 2 aromatic rings. The first kappa shape index (κ1) is 16.5. The van der Waals surface area contributed by atoms with Gasteiger partial charge in [0, 0.05) is 6.42 Å². The van der Waals surface area contributed by atoms with Crippen molar-refractivity contribution >= 4 is 16.7 Å². The monoisotopic (exact) mass is 300 g/mol. The van der Waals surface area contributed by atoms with Gasteiger partial charge in [-0.25, -0.2) is 0 Å². The number of fused-ring (bicyclic) bond motifs is 1. The summed E-state index contributed by atoms with van der Waals surface area (Å²) < 4.78 is 5.26. The molecule has 0 aliphatic rings. The average Bonchev–Trinajstić information content (AvgIpc) is 2.44. The number of benzene rings is 2. The van der Waals surface area contributed by atoms with Crippen molar-refractivity contribution in [3.63, 3.8) is 0 Å². The first-order chi connectivity index (χ1) is 10.3. The Morgan fingerprint density at radius 3 is 2.55 bits per heavy atom. The SMILES string of the molecule is CC(C)(C)OC(=O)CCC(O)Cc1cccc2ccccc12. The minimum absolute atomic E-state index is 0.239. The molecule has 0 saturated heterocycles. The van der Waals surface area contributed by atoms with E-state index < -0.39 is 11.7 Å². The van der Waals surface area contributed by atoms with Gasteiger partial charge in [-0.3, -0.25) is 4.79 Å². The van der Waals surface area contributed by atoms with E-state index in [4.69, 9.17) is 4.74 Å². The predicted molar refractivity (Wildman–Crippen MR) is 88.7 cm³/mol. The molecule has 1 atom stereocenters. The van der Waals surface area contributed by atoms with Crippen molar-refractivity contribution < 1.29 is 14.6 Å². The number of esters is 1. The Kier molecular flexibility index (Phi) is 5.19. The summed E-state index contributed by atoms with van der Waals surface area (Å²) in [5.41, 5.74) is 0.632. The second-order valence-electron chi connectivity index (χ2n) is 6.62. The van der Waals surface area contributed by atoms with Crippen LogP contribution >= 0.6 is 0 Å². The lowest BCUT2D eigenvalue weighted by Crippen LogP contribution is -2.24. The molecule has 0 saturated carbocycles. The highest BCUT2D eigenvalue weighted by Crippen LogP contribution is 2.21. The summed E-state index contributed by atoms with van der Waals surface area (Å²) >= 11 is 0. The molecule has 22 heavy (non-hydrogen) atoms. The normalized spacial score (nSPS) is 13.1. The van der Waals surface area contributed by atoms with Crippen molar-refractivity contribution in [2.45, 2.75) is 51.7 Å². The summed E-state index contributed by atoms with van der Waals surface area (Å²) in [6.07, 6.45) is 0.657. The molecule has 0 aliphatic heterocycles. The van der Waals surface area contributed by atoms with Crippen molar-refractivity contribution in [3.8, 4) is 0 Å². The van der Waals surface area contributed by atoms with Gasteiger partial charge in [-0.1, -0.05) is 42.5 Å². The number of carbonyl (C=O) groups excluding carboxylic acids is 1. The topological polar surface area (TPSA) is 46.5 Å². The van der Waals surface area contributed by atoms with Crippen molar-refractivity contribution in [3.05, 3.63) is 48.0 Å². The first-order valence-electron chi connectivity index (χ1n) is 7.72. The van der Waals surface area contributed by atoms with Gasteiger partial charge in [-0.05, 0) is 49.9 Å². The van der Waals surface area contributed by atoms with Gasteiger partial charge in [-0.15, -0.1) is 0 Å². The molecule has 0 spiro atoms. The van der Waals surface area contributed by atoms with Crippen LogP contribution in [0.15, 0.2) is 42.5 Å². The second-order valence-corrected chi connectivity index (χ2v) is 6.62. The van der Waals surface area contributed by atoms with Gasteiger partial charge >= 0.3 is 5.97 Å². The molecule has 0 radical (unpaired) electrons. The van der Waals surface area contributed by atoms with Crippen LogP contribution in [-0.2, 0) is 16.0 Å². The van der Waals surface area contributed by atoms with Crippen molar-refractivity contribution in [2.75, 3.05) is 0 Å². The summed E-state index contributed by atoms with van der Waals surface area (Å²) in [4.78, 5) is 11.7. The van der Waals surface area contributed by atoms with Gasteiger partial charge in [0.2, 0.25) is 0 Å². The molecule has 2 rings (SSSR count). The van der Waals surface area contributed by atoms with Crippen LogP contribution in [0.3, 0.4) is 0 Å². The van der Waals surface area contributed by atoms with E-state index in [2.05, 4.69) is 18.2 Å². The van der Waals surface area contributed by atoms with Crippen LogP contribution < -0.4 is 0 Å². The second kappa shape index (κ2) is 6.93. The molecule has 118 valence electrons. The van der Waals surface area contributed by atoms with Crippen LogP contribution in [-0.4, -0.2) is 22.8 Å². The lowest BCUT2D eigenvalue weighted by atomic mass is 9.98. The zero-order valence-electron chi connectivity index (χ0n) is 13.5. The van der Waals surface area contributed by atoms with E-state index in [0.29, 0.717) is 12.8 Å². The number of aliphatic hydroxyl groups excluding tert-OH is 1. The third kappa shape index (κ3) is 4.85. The van der Waals surface area contributed by atoms with Crippen LogP contribution in [0, 0.1) is 0 Å². The molecule has 0 fully saturated rings. The molecular weight excluding hydrogens is 276 g/mol. The van der Waals surface area contributed by atoms with Crippen LogP contribution in [0.5, 0.6) is 0 Å². The fourth-order valence-electron chi connectivity index (χ4n) is 2.50. The molecule has 1 unspecified atom stereocenters. The third-order valence-electron chi connectivity index (χ3n) is 3.44. The van der Waals surface area contributed by atoms with E-state index in [9.17, 15) is 9.90 Å². The maximum Gasteiger partial charge on any atom is 0.306 e. The van der Waals surface area contributed by atoms with E-state index in [-0.39, 0.29) is 12.4 Å². The lowest BCUT2D eigenvalue weighted by molar-refractivity contribution is -0.155. The van der Waals surface area contributed by atoms with E-state index in [1.165, 1.54) is 5.39 Å². The standard InChI is InChI=1S/C19H24O3/c1-19(2,3)22-18(21)12-11-16(20)13-15-9-6-8-14-7-4-5-10-17(14)15/h4-10,16,20H,11-13H2,1-3H3. The Hall–Kier alpha value is -1.87. The molecular formula is C19H24O3. The summed E-state index contributed by atoms with van der Waals surface area (Å²) in [6.45, 7) is 5.53. The Morgan fingerprint density at radius 2 is 1.82 bits per heavy atom. The van der Waals surface area contributed by atoms with Gasteiger partial charge in [-0.2, -0.15) is 0 Å². The van der Waals surface area contributed by atoms with Crippen LogP contribution in [0.25, 0.3) is 10.8 Å². The predicted octanol–water partition coefficient (Wildman–Crippen LogP) is 3.87. The highest BCUT2D eigenvalue weighted by Gasteiger charge is 2.17. The Morgan fingerprint density at radius 1 is 1.14 bits per heavy atom. The van der Waals surface area contributed by atoms with Gasteiger partial charge in [0.15, 0.2) is 0 Å². The van der Waals surface area contributed by atoms with E-state index in [1.54, 1.807) is 0 Å². The maximum absolute atomic E-state index is 11.7. The zero-order chi connectivity index (χ0) is 16.2. The largest absolute Gasteiger partial charge is 0.460 e. The summed E-state index contributed by atoms with van der Waals surface area (Å²) in [7, 11) is 0. The Labute approximate surface area is 131 Å². The number of hydrogen-bond donors (Lipinski definition) is 1. The molecule has 0 bridgehead atoms. The average molecular weight is 300 g/mol. The number of ether oxygens (including phenoxy) is 1. The van der Waals surface area contributed by atoms with E-state index in [1.807, 2.05) is 45.0 Å². The molecule has 3 heteroatoms. The molecule has 0 amide bonds. The van der Waals surface area contributed by atoms with Gasteiger partial charge in [0.25, 0.3) is 0 Å². The minimum atomic E-state index is -0.543. The van der Waals surface area contributed by atoms with Crippen molar-refractivity contribution in [2.24, 2.45) is 0 Å². The van der Waals surface area contributed by atoms with E-state index in [0.717, 1.165) is 10.9 Å². The zero-order valence-corrected chi connectivity index (χ0v) is 13.5. The lowest BCUT2D eigenvalue weighted by Gasteiger charge is -2.20. The highest BCUT2D eigenvalue weighted by molar-refractivity contribution is 5.85. The van der Waals surface area contributed by atoms with Gasteiger partial charge < -0.3 is 9.84 Å². The van der Waals surface area contributed by atoms with Gasteiger partial charge in [0.05, 0.1) is 6.10 Å². The first-order valence-corrected chi connectivity index (χ1v) is 7.72. The molecule has 1 N–H and O–H groups in total. The van der Waals surface area contributed by atoms with Crippen LogP contribution in [0.1, 0.15) is 39.2 Å². The molecule has 2 aromatic carbocycles. The quantitative estimate of drug-likeness (QED) is 0.853. The highest BCUT2D eigenvalue weighted by atomic mass is 16.6. The van der Waals surface area contributed by atoms with Crippen LogP contribution in [0.4, 0.5) is 0 Å². The number of rotatable bonds is 5. The summed E-state index contributed by atoms with van der Waals surface area (Å²) in [5, 5.41) is 12.5. The molecule has 0 heterocycles. The number of hydrogen-bond acceptors (Lipinski definition) is 3. The molecule has 3 nitrogen and oxygen atoms in total. The number of aliphatic hydroxyl groups is 1. The third-order valence-corrected chi connectivity index (χ3v) is 3.44. The smallest absolute Gasteiger partial charge is 0.306 e. The molecule has 0 aliphatic carbocycles. The van der Waals surface area contributed by atoms with Gasteiger partial charge in [0.1, 0.15) is 5.60 Å². The fourth-order valence-corrected chi connectivity index (χ4v) is 2.50. The number of carbonyl (C=O) groups is 1. The fraction of sp³-hybridized carbons (Fsp3) is 0.421. The van der Waals surface area contributed by atoms with E-state index >= 15 is 0 Å². The Balaban J connectivity index is 1.94. The minimum Gasteiger partial charge on any atom is -0.460 e. The summed E-state index contributed by atoms with van der Waals surface area (Å²) in [5.74, 6) is -0.260.